The third-order valence-corrected chi connectivity index (χ3v) is 4.77. The van der Waals surface area contributed by atoms with Crippen molar-refractivity contribution in [2.24, 2.45) is 0 Å². The zero-order valence-electron chi connectivity index (χ0n) is 16.6. The van der Waals surface area contributed by atoms with Gasteiger partial charge >= 0.3 is 0 Å². The summed E-state index contributed by atoms with van der Waals surface area (Å²) in [7, 11) is 0. The van der Waals surface area contributed by atoms with Crippen LogP contribution in [0.25, 0.3) is 0 Å². The Labute approximate surface area is 162 Å². The van der Waals surface area contributed by atoms with Gasteiger partial charge in [-0.3, -0.25) is 0 Å². The molecule has 2 nitrogen and oxygen atoms in total. The molecule has 0 amide bonds. The van der Waals surface area contributed by atoms with Crippen molar-refractivity contribution in [3.63, 3.8) is 0 Å². The number of hydrogen-bond donors (Lipinski definition) is 0. The highest BCUT2D eigenvalue weighted by molar-refractivity contribution is 5.42. The minimum Gasteiger partial charge on any atom is -0.230 e. The van der Waals surface area contributed by atoms with E-state index in [1.54, 1.807) is 0 Å². The van der Waals surface area contributed by atoms with Crippen LogP contribution in [0.5, 0.6) is 0 Å². The molecular weight excluding hydrogens is 332 g/mol. The lowest BCUT2D eigenvalue weighted by atomic mass is 9.70. The van der Waals surface area contributed by atoms with Gasteiger partial charge in [0.05, 0.1) is 11.0 Å². The summed E-state index contributed by atoms with van der Waals surface area (Å²) in [5.74, 6) is 0. The van der Waals surface area contributed by atoms with E-state index in [4.69, 9.17) is 9.78 Å². The lowest BCUT2D eigenvalue weighted by molar-refractivity contribution is -0.383. The van der Waals surface area contributed by atoms with Crippen LogP contribution in [-0.2, 0) is 15.2 Å². The highest BCUT2D eigenvalue weighted by atomic mass is 17.2. The molecule has 0 aliphatic rings. The predicted octanol–water partition coefficient (Wildman–Crippen LogP) is 6.48. The van der Waals surface area contributed by atoms with Gasteiger partial charge < -0.3 is 0 Å². The lowest BCUT2D eigenvalue weighted by Crippen LogP contribution is -2.35. The van der Waals surface area contributed by atoms with Crippen LogP contribution in [0.2, 0.25) is 0 Å². The molecule has 0 bridgehead atoms. The van der Waals surface area contributed by atoms with E-state index in [-0.39, 0.29) is 6.10 Å². The largest absolute Gasteiger partial charge is 0.230 e. The molecule has 3 aromatic rings. The SMILES string of the molecule is CC(C)(C)OOC(c1ccccc1)C(C)(c1ccccc1)c1ccccc1. The molecule has 3 rings (SSSR count). The predicted molar refractivity (Wildman–Crippen MR) is 110 cm³/mol. The molecule has 0 aliphatic heterocycles. The van der Waals surface area contributed by atoms with Crippen LogP contribution in [0.4, 0.5) is 0 Å². The van der Waals surface area contributed by atoms with E-state index >= 15 is 0 Å². The van der Waals surface area contributed by atoms with Crippen molar-refractivity contribution in [2.75, 3.05) is 0 Å². The van der Waals surface area contributed by atoms with E-state index in [0.29, 0.717) is 0 Å². The van der Waals surface area contributed by atoms with Gasteiger partial charge in [0.2, 0.25) is 0 Å². The maximum atomic E-state index is 6.17. The third kappa shape index (κ3) is 4.47. The Bertz CT molecular complexity index is 781. The molecule has 0 fully saturated rings. The van der Waals surface area contributed by atoms with E-state index < -0.39 is 11.0 Å². The Morgan fingerprint density at radius 3 is 1.41 bits per heavy atom. The molecule has 0 heterocycles. The van der Waals surface area contributed by atoms with Crippen LogP contribution < -0.4 is 0 Å². The van der Waals surface area contributed by atoms with Gasteiger partial charge in [0.25, 0.3) is 0 Å². The average Bonchev–Trinajstić information content (AvgIpc) is 2.69. The van der Waals surface area contributed by atoms with Crippen molar-refractivity contribution in [2.45, 2.75) is 44.8 Å². The van der Waals surface area contributed by atoms with Crippen LogP contribution in [0, 0.1) is 0 Å². The molecule has 0 N–H and O–H groups in total. The molecule has 140 valence electrons. The van der Waals surface area contributed by atoms with E-state index in [9.17, 15) is 0 Å². The molecule has 0 saturated carbocycles. The zero-order valence-corrected chi connectivity index (χ0v) is 16.6. The maximum absolute atomic E-state index is 6.17. The smallest absolute Gasteiger partial charge is 0.131 e. The summed E-state index contributed by atoms with van der Waals surface area (Å²) < 4.78 is 0. The van der Waals surface area contributed by atoms with Crippen molar-refractivity contribution >= 4 is 0 Å². The summed E-state index contributed by atoms with van der Waals surface area (Å²) >= 11 is 0. The fraction of sp³-hybridized carbons (Fsp3) is 0.280. The van der Waals surface area contributed by atoms with E-state index in [0.717, 1.165) is 5.56 Å². The topological polar surface area (TPSA) is 18.5 Å². The van der Waals surface area contributed by atoms with Crippen molar-refractivity contribution in [1.82, 2.24) is 0 Å². The minimum atomic E-state index is -0.422. The molecule has 3 aromatic carbocycles. The summed E-state index contributed by atoms with van der Waals surface area (Å²) in [6.45, 7) is 8.22. The van der Waals surface area contributed by atoms with Gasteiger partial charge in [0, 0.05) is 0 Å². The molecule has 0 saturated heterocycles. The molecule has 1 atom stereocenters. The second-order valence-corrected chi connectivity index (χ2v) is 8.02. The number of benzene rings is 3. The first-order valence-electron chi connectivity index (χ1n) is 9.42. The van der Waals surface area contributed by atoms with Crippen LogP contribution in [0.3, 0.4) is 0 Å². The number of hydrogen-bond acceptors (Lipinski definition) is 2. The van der Waals surface area contributed by atoms with Gasteiger partial charge in [-0.05, 0) is 44.4 Å². The Hall–Kier alpha value is -2.42. The second-order valence-electron chi connectivity index (χ2n) is 8.02. The van der Waals surface area contributed by atoms with Gasteiger partial charge in [0.1, 0.15) is 6.10 Å². The molecule has 0 spiro atoms. The lowest BCUT2D eigenvalue weighted by Gasteiger charge is -2.39. The van der Waals surface area contributed by atoms with Crippen LogP contribution in [0.15, 0.2) is 91.0 Å². The van der Waals surface area contributed by atoms with Crippen LogP contribution in [0.1, 0.15) is 50.5 Å². The maximum Gasteiger partial charge on any atom is 0.131 e. The minimum absolute atomic E-state index is 0.303. The normalized spacial score (nSPS) is 13.3. The Kier molecular flexibility index (Phi) is 5.79. The van der Waals surface area contributed by atoms with E-state index in [2.05, 4.69) is 67.6 Å². The average molecular weight is 360 g/mol. The summed E-state index contributed by atoms with van der Waals surface area (Å²) in [5.41, 5.74) is 2.62. The molecule has 1 unspecified atom stereocenters. The molecule has 0 aromatic heterocycles. The van der Waals surface area contributed by atoms with Crippen molar-refractivity contribution in [1.29, 1.82) is 0 Å². The first-order chi connectivity index (χ1) is 12.9. The highest BCUT2D eigenvalue weighted by Gasteiger charge is 2.41. The highest BCUT2D eigenvalue weighted by Crippen LogP contribution is 2.45. The first kappa shape index (κ1) is 19.3. The Morgan fingerprint density at radius 1 is 0.593 bits per heavy atom. The van der Waals surface area contributed by atoms with Crippen LogP contribution >= 0.6 is 0 Å². The zero-order chi connectivity index (χ0) is 19.3. The fourth-order valence-corrected chi connectivity index (χ4v) is 3.34. The molecular formula is C25H28O2. The van der Waals surface area contributed by atoms with Gasteiger partial charge in [-0.15, -0.1) is 0 Å². The molecule has 0 radical (unpaired) electrons. The second kappa shape index (κ2) is 8.08. The van der Waals surface area contributed by atoms with Gasteiger partial charge in [0.15, 0.2) is 0 Å². The molecule has 2 heteroatoms. The third-order valence-electron chi connectivity index (χ3n) is 4.77. The molecule has 27 heavy (non-hydrogen) atoms. The summed E-state index contributed by atoms with van der Waals surface area (Å²) in [4.78, 5) is 12.0. The summed E-state index contributed by atoms with van der Waals surface area (Å²) in [6, 6.07) is 31.3. The fourth-order valence-electron chi connectivity index (χ4n) is 3.34. The van der Waals surface area contributed by atoms with Gasteiger partial charge in [-0.25, -0.2) is 9.78 Å². The Morgan fingerprint density at radius 2 is 1.00 bits per heavy atom. The van der Waals surface area contributed by atoms with Crippen LogP contribution in [-0.4, -0.2) is 5.60 Å². The summed E-state index contributed by atoms with van der Waals surface area (Å²) in [5, 5.41) is 0. The van der Waals surface area contributed by atoms with Gasteiger partial charge in [-0.2, -0.15) is 0 Å². The quantitative estimate of drug-likeness (QED) is 0.370. The van der Waals surface area contributed by atoms with E-state index in [1.165, 1.54) is 11.1 Å². The number of rotatable bonds is 6. The molecule has 0 aliphatic carbocycles. The standard InChI is InChI=1S/C25H28O2/c1-24(2,3)27-26-23(20-14-8-5-9-15-20)25(4,21-16-10-6-11-17-21)22-18-12-7-13-19-22/h5-19,23H,1-4H3. The van der Waals surface area contributed by atoms with E-state index in [1.807, 2.05) is 51.1 Å². The first-order valence-corrected chi connectivity index (χ1v) is 9.42. The summed E-state index contributed by atoms with van der Waals surface area (Å²) in [6.07, 6.45) is -0.303. The Balaban J connectivity index is 2.16. The monoisotopic (exact) mass is 360 g/mol. The van der Waals surface area contributed by atoms with Gasteiger partial charge in [-0.1, -0.05) is 91.0 Å². The van der Waals surface area contributed by atoms with Crippen molar-refractivity contribution in [3.8, 4) is 0 Å². The van der Waals surface area contributed by atoms with Crippen molar-refractivity contribution in [3.05, 3.63) is 108 Å². The van der Waals surface area contributed by atoms with Crippen molar-refractivity contribution < 1.29 is 9.78 Å².